The minimum Gasteiger partial charge on any atom is -0.464 e. The lowest BCUT2D eigenvalue weighted by atomic mass is 10.3. The van der Waals surface area contributed by atoms with Crippen LogP contribution in [0.4, 0.5) is 18.9 Å². The quantitative estimate of drug-likeness (QED) is 0.392. The molecule has 30 heavy (non-hydrogen) atoms. The van der Waals surface area contributed by atoms with Crippen LogP contribution in [0.2, 0.25) is 5.15 Å². The molecule has 2 aromatic rings. The maximum atomic E-state index is 12.7. The summed E-state index contributed by atoms with van der Waals surface area (Å²) in [5.74, 6) is -0.770. The number of carbonyl (C=O) groups excluding carboxylic acids is 2. The number of rotatable bonds is 10. The third-order valence-electron chi connectivity index (χ3n) is 3.76. The zero-order chi connectivity index (χ0) is 22.1. The van der Waals surface area contributed by atoms with Gasteiger partial charge in [-0.05, 0) is 12.1 Å². The van der Waals surface area contributed by atoms with Gasteiger partial charge in [0.15, 0.2) is 5.15 Å². The molecule has 0 N–H and O–H groups in total. The smallest absolute Gasteiger partial charge is 0.389 e. The van der Waals surface area contributed by atoms with Gasteiger partial charge in [0.2, 0.25) is 5.91 Å². The number of ether oxygens (including phenoxy) is 1. The van der Waals surface area contributed by atoms with Crippen molar-refractivity contribution in [2.45, 2.75) is 25.9 Å². The Morgan fingerprint density at radius 1 is 1.33 bits per heavy atom. The normalized spacial score (nSPS) is 11.4. The fourth-order valence-corrected chi connectivity index (χ4v) is 3.52. The average Bonchev–Trinajstić information content (AvgIpc) is 3.06. The lowest BCUT2D eigenvalue weighted by Gasteiger charge is -2.21. The van der Waals surface area contributed by atoms with Crippen molar-refractivity contribution in [3.8, 4) is 5.69 Å². The molecule has 0 aromatic carbocycles. The van der Waals surface area contributed by atoms with Gasteiger partial charge in [0.1, 0.15) is 12.3 Å². The van der Waals surface area contributed by atoms with Crippen molar-refractivity contribution in [3.63, 3.8) is 0 Å². The standard InChI is InChI=1S/C18H20ClF3N4O3S/c1-13(27)29-8-7-25(16(28)4-9-30-10-5-18(20,21)22)15-12-26(24-17(15)19)14-3-2-6-23-11-14/h2-3,6,11-12H,4-5,7-10H2,1H3. The molecule has 0 spiro atoms. The van der Waals surface area contributed by atoms with Crippen LogP contribution in [0.25, 0.3) is 5.69 Å². The van der Waals surface area contributed by atoms with Crippen LogP contribution < -0.4 is 4.90 Å². The number of esters is 1. The second-order valence-electron chi connectivity index (χ2n) is 6.07. The van der Waals surface area contributed by atoms with E-state index >= 15 is 0 Å². The highest BCUT2D eigenvalue weighted by Crippen LogP contribution is 2.27. The third-order valence-corrected chi connectivity index (χ3v) is 5.02. The molecule has 0 bridgehead atoms. The van der Waals surface area contributed by atoms with Crippen molar-refractivity contribution >= 4 is 40.9 Å². The molecule has 0 saturated heterocycles. The zero-order valence-corrected chi connectivity index (χ0v) is 17.6. The Bertz CT molecular complexity index is 849. The lowest BCUT2D eigenvalue weighted by molar-refractivity contribution is -0.141. The van der Waals surface area contributed by atoms with E-state index in [1.807, 2.05) is 0 Å². The van der Waals surface area contributed by atoms with E-state index in [0.29, 0.717) is 11.4 Å². The van der Waals surface area contributed by atoms with Gasteiger partial charge in [0.05, 0.1) is 31.0 Å². The van der Waals surface area contributed by atoms with Crippen LogP contribution in [0.1, 0.15) is 19.8 Å². The van der Waals surface area contributed by atoms with Crippen LogP contribution in [-0.2, 0) is 14.3 Å². The van der Waals surface area contributed by atoms with Crippen molar-refractivity contribution in [1.29, 1.82) is 0 Å². The van der Waals surface area contributed by atoms with Gasteiger partial charge in [0.25, 0.3) is 0 Å². The molecular formula is C18H20ClF3N4O3S. The molecule has 0 aliphatic carbocycles. The average molecular weight is 465 g/mol. The highest BCUT2D eigenvalue weighted by molar-refractivity contribution is 7.99. The number of halogens is 4. The molecule has 0 fully saturated rings. The Balaban J connectivity index is 2.08. The molecule has 0 aliphatic heterocycles. The van der Waals surface area contributed by atoms with Crippen LogP contribution in [0.3, 0.4) is 0 Å². The van der Waals surface area contributed by atoms with E-state index in [1.165, 1.54) is 16.5 Å². The minimum absolute atomic E-state index is 0.00298. The van der Waals surface area contributed by atoms with Crippen LogP contribution in [0.5, 0.6) is 0 Å². The van der Waals surface area contributed by atoms with Crippen molar-refractivity contribution in [3.05, 3.63) is 35.9 Å². The molecule has 7 nitrogen and oxygen atoms in total. The Morgan fingerprint density at radius 2 is 2.10 bits per heavy atom. The molecule has 2 rings (SSSR count). The van der Waals surface area contributed by atoms with E-state index in [4.69, 9.17) is 16.3 Å². The highest BCUT2D eigenvalue weighted by Gasteiger charge is 2.26. The van der Waals surface area contributed by atoms with Gasteiger partial charge in [-0.1, -0.05) is 11.6 Å². The molecule has 0 aliphatic rings. The van der Waals surface area contributed by atoms with Gasteiger partial charge in [0, 0.05) is 31.0 Å². The van der Waals surface area contributed by atoms with Gasteiger partial charge < -0.3 is 9.64 Å². The number of nitrogens with zero attached hydrogens (tertiary/aromatic N) is 4. The number of alkyl halides is 3. The first-order valence-electron chi connectivity index (χ1n) is 8.91. The first-order valence-corrected chi connectivity index (χ1v) is 10.4. The summed E-state index contributed by atoms with van der Waals surface area (Å²) < 4.78 is 43.0. The van der Waals surface area contributed by atoms with Gasteiger partial charge in [-0.2, -0.15) is 30.0 Å². The molecular weight excluding hydrogens is 445 g/mol. The highest BCUT2D eigenvalue weighted by atomic mass is 35.5. The number of hydrogen-bond donors (Lipinski definition) is 0. The molecule has 0 saturated carbocycles. The fraction of sp³-hybridized carbons (Fsp3) is 0.444. The maximum Gasteiger partial charge on any atom is 0.389 e. The second-order valence-corrected chi connectivity index (χ2v) is 7.66. The van der Waals surface area contributed by atoms with E-state index in [-0.39, 0.29) is 42.1 Å². The first-order chi connectivity index (χ1) is 14.2. The molecule has 1 amide bonds. The molecule has 0 radical (unpaired) electrons. The van der Waals surface area contributed by atoms with E-state index in [2.05, 4.69) is 10.1 Å². The van der Waals surface area contributed by atoms with E-state index in [9.17, 15) is 22.8 Å². The summed E-state index contributed by atoms with van der Waals surface area (Å²) in [6.07, 6.45) is -0.428. The number of amides is 1. The molecule has 164 valence electrons. The van der Waals surface area contributed by atoms with E-state index < -0.39 is 18.6 Å². The topological polar surface area (TPSA) is 77.3 Å². The molecule has 2 aromatic heterocycles. The summed E-state index contributed by atoms with van der Waals surface area (Å²) in [5, 5.41) is 4.23. The fourth-order valence-electron chi connectivity index (χ4n) is 2.39. The minimum atomic E-state index is -4.22. The monoisotopic (exact) mass is 464 g/mol. The molecule has 12 heteroatoms. The Kier molecular flexibility index (Phi) is 8.97. The largest absolute Gasteiger partial charge is 0.464 e. The summed E-state index contributed by atoms with van der Waals surface area (Å²) in [7, 11) is 0. The van der Waals surface area contributed by atoms with Crippen molar-refractivity contribution in [1.82, 2.24) is 14.8 Å². The predicted molar refractivity (Wildman–Crippen MR) is 108 cm³/mol. The number of carbonyl (C=O) groups is 2. The number of hydrogen-bond acceptors (Lipinski definition) is 6. The lowest BCUT2D eigenvalue weighted by Crippen LogP contribution is -2.34. The van der Waals surface area contributed by atoms with Gasteiger partial charge in [-0.25, -0.2) is 4.68 Å². The van der Waals surface area contributed by atoms with Gasteiger partial charge in [-0.3, -0.25) is 14.6 Å². The van der Waals surface area contributed by atoms with Crippen molar-refractivity contribution in [2.75, 3.05) is 29.6 Å². The predicted octanol–water partition coefficient (Wildman–Crippen LogP) is 3.89. The van der Waals surface area contributed by atoms with Crippen LogP contribution in [0.15, 0.2) is 30.7 Å². The van der Waals surface area contributed by atoms with Crippen LogP contribution in [-0.4, -0.2) is 57.5 Å². The number of aromatic nitrogens is 3. The molecule has 0 atom stereocenters. The number of anilines is 1. The second kappa shape index (κ2) is 11.2. The first kappa shape index (κ1) is 24.0. The number of pyridine rings is 1. The van der Waals surface area contributed by atoms with Crippen LogP contribution in [0, 0.1) is 0 Å². The summed E-state index contributed by atoms with van der Waals surface area (Å²) in [6.45, 7) is 1.22. The van der Waals surface area contributed by atoms with Crippen molar-refractivity contribution < 1.29 is 27.5 Å². The summed E-state index contributed by atoms with van der Waals surface area (Å²) in [5.41, 5.74) is 0.929. The molecule has 0 unspecified atom stereocenters. The summed E-state index contributed by atoms with van der Waals surface area (Å²) >= 11 is 7.27. The number of thioether (sulfide) groups is 1. The molecule has 2 heterocycles. The third kappa shape index (κ3) is 7.86. The Morgan fingerprint density at radius 3 is 2.73 bits per heavy atom. The Labute approximate surface area is 180 Å². The SMILES string of the molecule is CC(=O)OCCN(C(=O)CCSCCC(F)(F)F)c1cn(-c2cccnc2)nc1Cl. The summed E-state index contributed by atoms with van der Waals surface area (Å²) in [6, 6.07) is 3.47. The van der Waals surface area contributed by atoms with Gasteiger partial charge >= 0.3 is 12.1 Å². The summed E-state index contributed by atoms with van der Waals surface area (Å²) in [4.78, 5) is 29.1. The van der Waals surface area contributed by atoms with Crippen molar-refractivity contribution in [2.24, 2.45) is 0 Å². The Hall–Kier alpha value is -2.27. The van der Waals surface area contributed by atoms with E-state index in [1.54, 1.807) is 30.7 Å². The van der Waals surface area contributed by atoms with E-state index in [0.717, 1.165) is 11.8 Å². The maximum absolute atomic E-state index is 12.7. The zero-order valence-electron chi connectivity index (χ0n) is 16.1. The van der Waals surface area contributed by atoms with Crippen LogP contribution >= 0.6 is 23.4 Å². The van der Waals surface area contributed by atoms with Gasteiger partial charge in [-0.15, -0.1) is 0 Å².